The fourth-order valence-electron chi connectivity index (χ4n) is 2.09. The lowest BCUT2D eigenvalue weighted by molar-refractivity contribution is 0.279. The molecule has 0 bridgehead atoms. The highest BCUT2D eigenvalue weighted by atomic mass is 35.5. The van der Waals surface area contributed by atoms with Crippen molar-refractivity contribution in [1.29, 1.82) is 0 Å². The Kier molecular flexibility index (Phi) is 8.85. The topological polar surface area (TPSA) is 50.7 Å². The second kappa shape index (κ2) is 10.4. The van der Waals surface area contributed by atoms with Gasteiger partial charge in [0, 0.05) is 18.7 Å². The van der Waals surface area contributed by atoms with Gasteiger partial charge in [-0.15, -0.1) is 12.4 Å². The molecule has 0 saturated carbocycles. The van der Waals surface area contributed by atoms with Crippen LogP contribution in [0.25, 0.3) is 0 Å². The van der Waals surface area contributed by atoms with Crippen molar-refractivity contribution in [3.8, 4) is 11.5 Å². The van der Waals surface area contributed by atoms with Crippen LogP contribution in [-0.2, 0) is 13.2 Å². The van der Waals surface area contributed by atoms with Crippen LogP contribution in [0.3, 0.4) is 0 Å². The van der Waals surface area contributed by atoms with Gasteiger partial charge in [-0.2, -0.15) is 0 Å². The van der Waals surface area contributed by atoms with Gasteiger partial charge in [-0.1, -0.05) is 29.8 Å². The first-order valence-electron chi connectivity index (χ1n) is 7.20. The third kappa shape index (κ3) is 5.53. The first-order chi connectivity index (χ1) is 11.2. The average Bonchev–Trinajstić information content (AvgIpc) is 2.55. The van der Waals surface area contributed by atoms with Crippen molar-refractivity contribution in [3.63, 3.8) is 0 Å². The molecule has 4 nitrogen and oxygen atoms in total. The van der Waals surface area contributed by atoms with E-state index in [1.165, 1.54) is 13.2 Å². The highest BCUT2D eigenvalue weighted by molar-refractivity contribution is 6.32. The SMILES string of the molecule is COc1cc(CNCCO)cc(Cl)c1OCc1ccccc1F.Cl. The monoisotopic (exact) mass is 375 g/mol. The number of aliphatic hydroxyl groups is 1. The zero-order valence-electron chi connectivity index (χ0n) is 13.2. The molecule has 0 aromatic heterocycles. The normalized spacial score (nSPS) is 10.2. The van der Waals surface area contributed by atoms with Crippen LogP contribution in [0.1, 0.15) is 11.1 Å². The van der Waals surface area contributed by atoms with Crippen LogP contribution in [0.4, 0.5) is 4.39 Å². The zero-order valence-corrected chi connectivity index (χ0v) is 14.8. The van der Waals surface area contributed by atoms with E-state index >= 15 is 0 Å². The van der Waals surface area contributed by atoms with Gasteiger partial charge in [0.25, 0.3) is 0 Å². The minimum absolute atomic E-state index is 0. The van der Waals surface area contributed by atoms with Crippen molar-refractivity contribution in [2.45, 2.75) is 13.2 Å². The second-order valence-electron chi connectivity index (χ2n) is 4.89. The van der Waals surface area contributed by atoms with E-state index in [2.05, 4.69) is 5.32 Å². The largest absolute Gasteiger partial charge is 0.493 e. The summed E-state index contributed by atoms with van der Waals surface area (Å²) in [5, 5.41) is 12.2. The van der Waals surface area contributed by atoms with Crippen LogP contribution >= 0.6 is 24.0 Å². The Morgan fingerprint density at radius 2 is 2.00 bits per heavy atom. The molecular formula is C17H20Cl2FNO3. The van der Waals surface area contributed by atoms with E-state index in [-0.39, 0.29) is 31.4 Å². The Hall–Kier alpha value is -1.53. The van der Waals surface area contributed by atoms with E-state index in [9.17, 15) is 4.39 Å². The van der Waals surface area contributed by atoms with Crippen LogP contribution in [0.15, 0.2) is 36.4 Å². The fraction of sp³-hybridized carbons (Fsp3) is 0.294. The molecule has 24 heavy (non-hydrogen) atoms. The van der Waals surface area contributed by atoms with Crippen molar-refractivity contribution in [3.05, 3.63) is 58.4 Å². The van der Waals surface area contributed by atoms with Gasteiger partial charge in [-0.05, 0) is 23.8 Å². The predicted molar refractivity (Wildman–Crippen MR) is 94.8 cm³/mol. The van der Waals surface area contributed by atoms with E-state index in [4.69, 9.17) is 26.2 Å². The number of rotatable bonds is 8. The Morgan fingerprint density at radius 1 is 1.25 bits per heavy atom. The van der Waals surface area contributed by atoms with Gasteiger partial charge in [-0.3, -0.25) is 0 Å². The lowest BCUT2D eigenvalue weighted by Crippen LogP contribution is -2.17. The van der Waals surface area contributed by atoms with Crippen LogP contribution in [-0.4, -0.2) is 25.4 Å². The molecule has 0 aliphatic heterocycles. The summed E-state index contributed by atoms with van der Waals surface area (Å²) < 4.78 is 24.6. The molecule has 2 aromatic carbocycles. The summed E-state index contributed by atoms with van der Waals surface area (Å²) in [6.07, 6.45) is 0. The molecule has 0 amide bonds. The van der Waals surface area contributed by atoms with Crippen LogP contribution in [0, 0.1) is 5.82 Å². The van der Waals surface area contributed by atoms with Crippen LogP contribution in [0.5, 0.6) is 11.5 Å². The summed E-state index contributed by atoms with van der Waals surface area (Å²) in [6, 6.07) is 9.96. The summed E-state index contributed by atoms with van der Waals surface area (Å²) >= 11 is 6.26. The van der Waals surface area contributed by atoms with Gasteiger partial charge in [-0.25, -0.2) is 4.39 Å². The highest BCUT2D eigenvalue weighted by Gasteiger charge is 2.13. The molecule has 2 aromatic rings. The van der Waals surface area contributed by atoms with E-state index < -0.39 is 0 Å². The third-order valence-corrected chi connectivity index (χ3v) is 3.52. The number of halogens is 3. The van der Waals surface area contributed by atoms with Gasteiger partial charge in [0.15, 0.2) is 11.5 Å². The van der Waals surface area contributed by atoms with Gasteiger partial charge in [0.05, 0.1) is 18.7 Å². The van der Waals surface area contributed by atoms with E-state index in [1.807, 2.05) is 0 Å². The Morgan fingerprint density at radius 3 is 2.67 bits per heavy atom. The number of benzene rings is 2. The smallest absolute Gasteiger partial charge is 0.180 e. The molecule has 0 atom stereocenters. The summed E-state index contributed by atoms with van der Waals surface area (Å²) in [5.74, 6) is 0.533. The summed E-state index contributed by atoms with van der Waals surface area (Å²) in [4.78, 5) is 0. The van der Waals surface area contributed by atoms with Crippen LogP contribution in [0.2, 0.25) is 5.02 Å². The Bertz CT molecular complexity index is 656. The van der Waals surface area contributed by atoms with E-state index in [0.717, 1.165) is 5.56 Å². The maximum absolute atomic E-state index is 13.6. The van der Waals surface area contributed by atoms with Gasteiger partial charge < -0.3 is 19.9 Å². The maximum Gasteiger partial charge on any atom is 0.180 e. The number of nitrogens with one attached hydrogen (secondary N) is 1. The van der Waals surface area contributed by atoms with Gasteiger partial charge in [0.2, 0.25) is 0 Å². The van der Waals surface area contributed by atoms with Crippen molar-refractivity contribution in [2.24, 2.45) is 0 Å². The number of ether oxygens (including phenoxy) is 2. The van der Waals surface area contributed by atoms with Gasteiger partial charge in [0.1, 0.15) is 12.4 Å². The quantitative estimate of drug-likeness (QED) is 0.692. The Balaban J connectivity index is 0.00000288. The number of hydrogen-bond donors (Lipinski definition) is 2. The molecule has 0 heterocycles. The van der Waals surface area contributed by atoms with Crippen molar-refractivity contribution >= 4 is 24.0 Å². The first-order valence-corrected chi connectivity index (χ1v) is 7.57. The summed E-state index contributed by atoms with van der Waals surface area (Å²) in [5.41, 5.74) is 1.35. The van der Waals surface area contributed by atoms with Crippen molar-refractivity contribution < 1.29 is 19.0 Å². The van der Waals surface area contributed by atoms with E-state index in [0.29, 0.717) is 35.2 Å². The summed E-state index contributed by atoms with van der Waals surface area (Å²) in [6.45, 7) is 1.16. The molecule has 0 unspecified atom stereocenters. The lowest BCUT2D eigenvalue weighted by atomic mass is 10.2. The number of methoxy groups -OCH3 is 1. The molecule has 2 N–H and O–H groups in total. The molecule has 0 fully saturated rings. The molecule has 0 spiro atoms. The molecule has 0 radical (unpaired) electrons. The van der Waals surface area contributed by atoms with Gasteiger partial charge >= 0.3 is 0 Å². The lowest BCUT2D eigenvalue weighted by Gasteiger charge is -2.15. The highest BCUT2D eigenvalue weighted by Crippen LogP contribution is 2.37. The minimum atomic E-state index is -0.326. The number of hydrogen-bond acceptors (Lipinski definition) is 4. The van der Waals surface area contributed by atoms with Crippen molar-refractivity contribution in [1.82, 2.24) is 5.32 Å². The summed E-state index contributed by atoms with van der Waals surface area (Å²) in [7, 11) is 1.52. The molecule has 7 heteroatoms. The standard InChI is InChI=1S/C17H19ClFNO3.ClH/c1-22-16-9-12(10-20-6-7-21)8-14(18)17(16)23-11-13-4-2-3-5-15(13)19;/h2-5,8-9,20-21H,6-7,10-11H2,1H3;1H. The zero-order chi connectivity index (χ0) is 16.7. The molecule has 0 saturated heterocycles. The van der Waals surface area contributed by atoms with Crippen molar-refractivity contribution in [2.75, 3.05) is 20.3 Å². The maximum atomic E-state index is 13.6. The number of aliphatic hydroxyl groups excluding tert-OH is 1. The minimum Gasteiger partial charge on any atom is -0.493 e. The molecule has 0 aliphatic rings. The Labute approximate surface area is 152 Å². The fourth-order valence-corrected chi connectivity index (χ4v) is 2.38. The third-order valence-electron chi connectivity index (χ3n) is 3.24. The average molecular weight is 376 g/mol. The molecule has 2 rings (SSSR count). The predicted octanol–water partition coefficient (Wildman–Crippen LogP) is 3.57. The van der Waals surface area contributed by atoms with E-state index in [1.54, 1.807) is 30.3 Å². The second-order valence-corrected chi connectivity index (χ2v) is 5.30. The van der Waals surface area contributed by atoms with Crippen LogP contribution < -0.4 is 14.8 Å². The first kappa shape index (κ1) is 20.5. The molecule has 132 valence electrons. The molecule has 0 aliphatic carbocycles. The molecular weight excluding hydrogens is 356 g/mol.